The van der Waals surface area contributed by atoms with Crippen molar-refractivity contribution in [1.82, 2.24) is 4.98 Å². The highest BCUT2D eigenvalue weighted by atomic mass is 16.6. The minimum absolute atomic E-state index is 0.0668. The molecule has 0 fully saturated rings. The molecular formula is C19H19N3O5. The molecule has 1 heterocycles. The summed E-state index contributed by atoms with van der Waals surface area (Å²) in [4.78, 5) is 26.3. The Balaban J connectivity index is 2.04. The van der Waals surface area contributed by atoms with Gasteiger partial charge in [0, 0.05) is 35.7 Å². The predicted octanol–water partition coefficient (Wildman–Crippen LogP) is 2.99. The Hall–Kier alpha value is -3.39. The van der Waals surface area contributed by atoms with Crippen LogP contribution in [0.25, 0.3) is 22.2 Å². The number of aromatic amines is 1. The number of aliphatic hydroxyl groups is 1. The summed E-state index contributed by atoms with van der Waals surface area (Å²) < 4.78 is 0. The highest BCUT2D eigenvalue weighted by molar-refractivity contribution is 5.85. The third-order valence-electron chi connectivity index (χ3n) is 4.27. The Morgan fingerprint density at radius 2 is 1.93 bits per heavy atom. The van der Waals surface area contributed by atoms with Crippen LogP contribution in [0, 0.1) is 10.1 Å². The third kappa shape index (κ3) is 3.75. The summed E-state index contributed by atoms with van der Waals surface area (Å²) in [5.41, 5.74) is 0.642. The van der Waals surface area contributed by atoms with Crippen molar-refractivity contribution in [2.75, 3.05) is 18.5 Å². The number of unbranched alkanes of at least 4 members (excludes halogenated alkanes) is 1. The van der Waals surface area contributed by atoms with Crippen molar-refractivity contribution in [3.63, 3.8) is 0 Å². The molecule has 0 aliphatic rings. The number of hydrogen-bond acceptors (Lipinski definition) is 6. The summed E-state index contributed by atoms with van der Waals surface area (Å²) in [7, 11) is 0. The number of fused-ring (bicyclic) bond motifs is 1. The summed E-state index contributed by atoms with van der Waals surface area (Å²) in [6, 6.07) is 11.2. The van der Waals surface area contributed by atoms with Crippen LogP contribution in [-0.2, 0) is 0 Å². The van der Waals surface area contributed by atoms with E-state index in [-0.39, 0.29) is 18.0 Å². The maximum Gasteiger partial charge on any atom is 0.292 e. The number of nitro groups is 1. The molecule has 0 radical (unpaired) electrons. The van der Waals surface area contributed by atoms with E-state index < -0.39 is 16.1 Å². The van der Waals surface area contributed by atoms with Gasteiger partial charge in [-0.3, -0.25) is 14.9 Å². The first-order valence-electron chi connectivity index (χ1n) is 8.50. The number of nitrogens with zero attached hydrogens (tertiary/aromatic N) is 1. The number of pyridine rings is 1. The van der Waals surface area contributed by atoms with Crippen molar-refractivity contribution in [3.8, 4) is 17.0 Å². The number of rotatable bonds is 7. The molecule has 8 nitrogen and oxygen atoms in total. The second-order valence-corrected chi connectivity index (χ2v) is 6.07. The molecular weight excluding hydrogens is 350 g/mol. The Bertz CT molecular complexity index is 1050. The number of nitro benzene ring substituents is 1. The van der Waals surface area contributed by atoms with Gasteiger partial charge in [-0.25, -0.2) is 0 Å². The van der Waals surface area contributed by atoms with Crippen LogP contribution in [0.4, 0.5) is 11.4 Å². The van der Waals surface area contributed by atoms with Crippen LogP contribution >= 0.6 is 0 Å². The average Bonchev–Trinajstić information content (AvgIpc) is 2.68. The molecule has 27 heavy (non-hydrogen) atoms. The molecule has 0 aliphatic heterocycles. The Morgan fingerprint density at radius 1 is 1.15 bits per heavy atom. The van der Waals surface area contributed by atoms with Crippen molar-refractivity contribution < 1.29 is 15.1 Å². The van der Waals surface area contributed by atoms with Crippen molar-refractivity contribution in [3.05, 3.63) is 62.8 Å². The van der Waals surface area contributed by atoms with Crippen LogP contribution in [0.15, 0.2) is 47.3 Å². The van der Waals surface area contributed by atoms with Crippen molar-refractivity contribution in [1.29, 1.82) is 0 Å². The first-order valence-corrected chi connectivity index (χ1v) is 8.50. The predicted molar refractivity (Wildman–Crippen MR) is 103 cm³/mol. The van der Waals surface area contributed by atoms with Crippen LogP contribution in [-0.4, -0.2) is 33.3 Å². The van der Waals surface area contributed by atoms with E-state index in [9.17, 15) is 20.0 Å². The van der Waals surface area contributed by atoms with Gasteiger partial charge in [0.25, 0.3) is 5.69 Å². The van der Waals surface area contributed by atoms with Crippen LogP contribution in [0.3, 0.4) is 0 Å². The van der Waals surface area contributed by atoms with Crippen LogP contribution in [0.5, 0.6) is 5.75 Å². The largest absolute Gasteiger partial charge is 0.503 e. The van der Waals surface area contributed by atoms with Gasteiger partial charge in [-0.15, -0.1) is 0 Å². The van der Waals surface area contributed by atoms with E-state index >= 15 is 0 Å². The van der Waals surface area contributed by atoms with Gasteiger partial charge in [0.05, 0.1) is 10.6 Å². The first-order chi connectivity index (χ1) is 13.0. The maximum atomic E-state index is 12.4. The van der Waals surface area contributed by atoms with E-state index in [0.29, 0.717) is 41.5 Å². The van der Waals surface area contributed by atoms with E-state index in [4.69, 9.17) is 5.11 Å². The summed E-state index contributed by atoms with van der Waals surface area (Å²) in [5.74, 6) is -0.480. The highest BCUT2D eigenvalue weighted by Crippen LogP contribution is 2.33. The smallest absolute Gasteiger partial charge is 0.292 e. The van der Waals surface area contributed by atoms with Gasteiger partial charge < -0.3 is 20.5 Å². The van der Waals surface area contributed by atoms with Gasteiger partial charge in [-0.1, -0.05) is 18.2 Å². The molecule has 2 aromatic carbocycles. The van der Waals surface area contributed by atoms with Crippen molar-refractivity contribution >= 4 is 22.3 Å². The lowest BCUT2D eigenvalue weighted by molar-refractivity contribution is -0.383. The number of hydrogen-bond donors (Lipinski definition) is 4. The quantitative estimate of drug-likeness (QED) is 0.288. The van der Waals surface area contributed by atoms with Gasteiger partial charge in [0.2, 0.25) is 5.43 Å². The zero-order valence-electron chi connectivity index (χ0n) is 14.4. The molecule has 3 aromatic rings. The molecule has 0 atom stereocenters. The lowest BCUT2D eigenvalue weighted by atomic mass is 10.1. The summed E-state index contributed by atoms with van der Waals surface area (Å²) >= 11 is 0. The fourth-order valence-electron chi connectivity index (χ4n) is 2.88. The Kier molecular flexibility index (Phi) is 5.37. The second kappa shape index (κ2) is 7.88. The van der Waals surface area contributed by atoms with E-state index in [1.165, 1.54) is 6.07 Å². The number of nitrogens with one attached hydrogen (secondary N) is 2. The number of para-hydroxylation sites is 1. The number of aromatic hydroxyl groups is 1. The van der Waals surface area contributed by atoms with Crippen LogP contribution in [0.2, 0.25) is 0 Å². The SMILES string of the molecule is O=c1c(O)c(-c2ccc(NCCCCO)c([N+](=O)[O-])c2)[nH]c2ccccc12. The lowest BCUT2D eigenvalue weighted by Gasteiger charge is -2.10. The fraction of sp³-hybridized carbons (Fsp3) is 0.211. The van der Waals surface area contributed by atoms with Crippen molar-refractivity contribution in [2.45, 2.75) is 12.8 Å². The van der Waals surface area contributed by atoms with Gasteiger partial charge in [-0.05, 0) is 31.0 Å². The number of aliphatic hydroxyl groups excluding tert-OH is 1. The van der Waals surface area contributed by atoms with Crippen molar-refractivity contribution in [2.24, 2.45) is 0 Å². The summed E-state index contributed by atoms with van der Waals surface area (Å²) in [6.07, 6.45) is 1.28. The lowest BCUT2D eigenvalue weighted by Crippen LogP contribution is -2.06. The molecule has 0 aliphatic carbocycles. The van der Waals surface area contributed by atoms with Crippen LogP contribution < -0.4 is 10.7 Å². The highest BCUT2D eigenvalue weighted by Gasteiger charge is 2.18. The fourth-order valence-corrected chi connectivity index (χ4v) is 2.88. The van der Waals surface area contributed by atoms with E-state index in [1.807, 2.05) is 0 Å². The standard InChI is InChI=1S/C19H19N3O5/c23-10-4-3-9-20-15-8-7-12(11-16(15)22(26)27)17-19(25)18(24)13-5-1-2-6-14(13)21-17/h1-2,5-8,11,20,23,25H,3-4,9-10H2,(H,21,24). The van der Waals surface area contributed by atoms with Gasteiger partial charge in [0.15, 0.2) is 5.75 Å². The Labute approximate surface area is 154 Å². The molecule has 3 rings (SSSR count). The van der Waals surface area contributed by atoms with Crippen LogP contribution in [0.1, 0.15) is 12.8 Å². The molecule has 0 saturated carbocycles. The molecule has 140 valence electrons. The number of anilines is 1. The number of benzene rings is 2. The molecule has 0 spiro atoms. The molecule has 0 bridgehead atoms. The third-order valence-corrected chi connectivity index (χ3v) is 4.27. The van der Waals surface area contributed by atoms with E-state index in [1.54, 1.807) is 36.4 Å². The van der Waals surface area contributed by atoms with E-state index in [0.717, 1.165) is 0 Å². The van der Waals surface area contributed by atoms with E-state index in [2.05, 4.69) is 10.3 Å². The van der Waals surface area contributed by atoms with Gasteiger partial charge >= 0.3 is 0 Å². The molecule has 0 amide bonds. The molecule has 0 unspecified atom stereocenters. The first kappa shape index (κ1) is 18.4. The maximum absolute atomic E-state index is 12.4. The molecule has 4 N–H and O–H groups in total. The average molecular weight is 369 g/mol. The normalized spacial score (nSPS) is 10.9. The minimum atomic E-state index is -0.534. The molecule has 0 saturated heterocycles. The number of aromatic nitrogens is 1. The second-order valence-electron chi connectivity index (χ2n) is 6.07. The van der Waals surface area contributed by atoms with Gasteiger partial charge in [0.1, 0.15) is 5.69 Å². The minimum Gasteiger partial charge on any atom is -0.503 e. The Morgan fingerprint density at radius 3 is 2.67 bits per heavy atom. The summed E-state index contributed by atoms with van der Waals surface area (Å²) in [5, 5.41) is 33.9. The topological polar surface area (TPSA) is 128 Å². The zero-order valence-corrected chi connectivity index (χ0v) is 14.4. The summed E-state index contributed by atoms with van der Waals surface area (Å²) in [6.45, 7) is 0.552. The molecule has 8 heteroatoms. The zero-order chi connectivity index (χ0) is 19.4. The van der Waals surface area contributed by atoms with Gasteiger partial charge in [-0.2, -0.15) is 0 Å². The monoisotopic (exact) mass is 369 g/mol. The number of H-pyrrole nitrogens is 1. The molecule has 1 aromatic heterocycles.